The van der Waals surface area contributed by atoms with E-state index in [4.69, 9.17) is 0 Å². The molecule has 0 saturated heterocycles. The van der Waals surface area contributed by atoms with Gasteiger partial charge in [-0.15, -0.1) is 24.0 Å². The molecule has 0 radical (unpaired) electrons. The van der Waals surface area contributed by atoms with E-state index in [9.17, 15) is 4.79 Å². The number of guanidine groups is 1. The Bertz CT molecular complexity index is 427. The number of carbonyl (C=O) groups excluding carboxylic acids is 1. The summed E-state index contributed by atoms with van der Waals surface area (Å²) in [5.41, 5.74) is 1.04. The molecule has 1 aliphatic carbocycles. The van der Waals surface area contributed by atoms with Crippen LogP contribution < -0.4 is 10.6 Å². The Balaban J connectivity index is 0.00000529. The summed E-state index contributed by atoms with van der Waals surface area (Å²) < 4.78 is 0. The first-order valence-corrected chi connectivity index (χ1v) is 8.69. The molecule has 0 aromatic heterocycles. The number of nitrogens with zero attached hydrogens (tertiary/aromatic N) is 2. The lowest BCUT2D eigenvalue weighted by Gasteiger charge is -2.32. The summed E-state index contributed by atoms with van der Waals surface area (Å²) in [6, 6.07) is 0.441. The third kappa shape index (κ3) is 8.89. The van der Waals surface area contributed by atoms with E-state index >= 15 is 0 Å². The fraction of sp³-hybridized carbons (Fsp3) is 0.778. The lowest BCUT2D eigenvalue weighted by Crippen LogP contribution is -2.46. The van der Waals surface area contributed by atoms with Crippen molar-refractivity contribution in [2.75, 3.05) is 27.2 Å². The highest BCUT2D eigenvalue weighted by molar-refractivity contribution is 14.0. The van der Waals surface area contributed by atoms with Crippen LogP contribution >= 0.6 is 24.0 Å². The molecule has 0 atom stereocenters. The molecule has 1 aliphatic rings. The molecule has 1 amide bonds. The van der Waals surface area contributed by atoms with E-state index in [0.29, 0.717) is 12.6 Å². The topological polar surface area (TPSA) is 56.7 Å². The van der Waals surface area contributed by atoms with Gasteiger partial charge in [0.25, 0.3) is 0 Å². The lowest BCUT2D eigenvalue weighted by atomic mass is 9.80. The predicted octanol–water partition coefficient (Wildman–Crippen LogP) is 3.02. The van der Waals surface area contributed by atoms with Crippen molar-refractivity contribution in [2.45, 2.75) is 52.5 Å². The second-order valence-electron chi connectivity index (χ2n) is 7.26. The van der Waals surface area contributed by atoms with Crippen LogP contribution in [0.5, 0.6) is 0 Å². The van der Waals surface area contributed by atoms with Gasteiger partial charge in [0.15, 0.2) is 5.96 Å². The van der Waals surface area contributed by atoms with E-state index in [1.807, 2.05) is 6.92 Å². The molecule has 6 heteroatoms. The molecule has 24 heavy (non-hydrogen) atoms. The Morgan fingerprint density at radius 3 is 2.29 bits per heavy atom. The van der Waals surface area contributed by atoms with Gasteiger partial charge in [-0.3, -0.25) is 4.79 Å². The molecule has 5 nitrogen and oxygen atoms in total. The number of likely N-dealkylation sites (N-methyl/N-ethyl adjacent to an activating group) is 1. The zero-order valence-electron chi connectivity index (χ0n) is 15.9. The third-order valence-corrected chi connectivity index (χ3v) is 4.48. The van der Waals surface area contributed by atoms with Gasteiger partial charge < -0.3 is 15.5 Å². The average Bonchev–Trinajstić information content (AvgIpc) is 2.49. The molecule has 1 fully saturated rings. The van der Waals surface area contributed by atoms with E-state index in [-0.39, 0.29) is 36.4 Å². The quantitative estimate of drug-likeness (QED) is 0.283. The SMILES string of the molecule is C=C(C)CNC(=NCC(=O)N(C)C)NC1CCC(C(C)C)CC1.I. The van der Waals surface area contributed by atoms with Crippen LogP contribution in [0.15, 0.2) is 17.1 Å². The fourth-order valence-electron chi connectivity index (χ4n) is 2.80. The number of aliphatic imine (C=N–C) groups is 1. The van der Waals surface area contributed by atoms with Crippen molar-refractivity contribution in [3.8, 4) is 0 Å². The summed E-state index contributed by atoms with van der Waals surface area (Å²) >= 11 is 0. The maximum atomic E-state index is 11.7. The Labute approximate surface area is 164 Å². The first kappa shape index (κ1) is 23.2. The number of hydrogen-bond donors (Lipinski definition) is 2. The summed E-state index contributed by atoms with van der Waals surface area (Å²) in [6.45, 7) is 11.3. The normalized spacial score (nSPS) is 21.0. The molecule has 1 saturated carbocycles. The Kier molecular flexibility index (Phi) is 11.3. The van der Waals surface area contributed by atoms with Crippen LogP contribution in [0.4, 0.5) is 0 Å². The second kappa shape index (κ2) is 11.7. The van der Waals surface area contributed by atoms with Crippen molar-refractivity contribution >= 4 is 35.8 Å². The first-order valence-electron chi connectivity index (χ1n) is 8.69. The molecule has 0 bridgehead atoms. The van der Waals surface area contributed by atoms with Gasteiger partial charge >= 0.3 is 0 Å². The molecular formula is C18H35IN4O. The molecule has 1 rings (SSSR count). The minimum absolute atomic E-state index is 0. The van der Waals surface area contributed by atoms with Crippen LogP contribution in [0.2, 0.25) is 0 Å². The van der Waals surface area contributed by atoms with Crippen LogP contribution in [0, 0.1) is 11.8 Å². The van der Waals surface area contributed by atoms with Crippen LogP contribution in [0.1, 0.15) is 46.5 Å². The molecule has 0 aliphatic heterocycles. The summed E-state index contributed by atoms with van der Waals surface area (Å²) in [7, 11) is 3.50. The molecule has 2 N–H and O–H groups in total. The van der Waals surface area contributed by atoms with Gasteiger partial charge in [-0.25, -0.2) is 4.99 Å². The monoisotopic (exact) mass is 450 g/mol. The number of rotatable bonds is 6. The molecule has 140 valence electrons. The van der Waals surface area contributed by atoms with Crippen LogP contribution in [-0.2, 0) is 4.79 Å². The Morgan fingerprint density at radius 1 is 1.25 bits per heavy atom. The highest BCUT2D eigenvalue weighted by Gasteiger charge is 2.23. The van der Waals surface area contributed by atoms with Gasteiger partial charge in [0.2, 0.25) is 5.91 Å². The highest BCUT2D eigenvalue weighted by Crippen LogP contribution is 2.29. The van der Waals surface area contributed by atoms with E-state index in [1.54, 1.807) is 19.0 Å². The highest BCUT2D eigenvalue weighted by atomic mass is 127. The molecule has 0 spiro atoms. The van der Waals surface area contributed by atoms with Crippen molar-refractivity contribution in [1.82, 2.24) is 15.5 Å². The van der Waals surface area contributed by atoms with Gasteiger partial charge in [-0.05, 0) is 44.4 Å². The number of hydrogen-bond acceptors (Lipinski definition) is 2. The maximum Gasteiger partial charge on any atom is 0.243 e. The van der Waals surface area contributed by atoms with Crippen molar-refractivity contribution < 1.29 is 4.79 Å². The smallest absolute Gasteiger partial charge is 0.243 e. The van der Waals surface area contributed by atoms with E-state index in [1.165, 1.54) is 12.8 Å². The zero-order chi connectivity index (χ0) is 17.4. The maximum absolute atomic E-state index is 11.7. The van der Waals surface area contributed by atoms with Crippen molar-refractivity contribution in [3.05, 3.63) is 12.2 Å². The molecular weight excluding hydrogens is 415 g/mol. The Morgan fingerprint density at radius 2 is 1.83 bits per heavy atom. The fourth-order valence-corrected chi connectivity index (χ4v) is 2.80. The van der Waals surface area contributed by atoms with Gasteiger partial charge in [0.1, 0.15) is 6.54 Å². The van der Waals surface area contributed by atoms with Crippen molar-refractivity contribution in [3.63, 3.8) is 0 Å². The average molecular weight is 450 g/mol. The minimum atomic E-state index is 0. The largest absolute Gasteiger partial charge is 0.354 e. The number of nitrogens with one attached hydrogen (secondary N) is 2. The summed E-state index contributed by atoms with van der Waals surface area (Å²) in [5.74, 6) is 2.33. The lowest BCUT2D eigenvalue weighted by molar-refractivity contribution is -0.127. The molecule has 0 unspecified atom stereocenters. The molecule has 0 heterocycles. The number of halogens is 1. The van der Waals surface area contributed by atoms with Crippen LogP contribution in [-0.4, -0.2) is 50.0 Å². The van der Waals surface area contributed by atoms with E-state index in [2.05, 4.69) is 36.1 Å². The minimum Gasteiger partial charge on any atom is -0.354 e. The second-order valence-corrected chi connectivity index (χ2v) is 7.26. The van der Waals surface area contributed by atoms with E-state index in [0.717, 1.165) is 36.2 Å². The first-order chi connectivity index (χ1) is 10.8. The molecule has 0 aromatic carbocycles. The number of amides is 1. The zero-order valence-corrected chi connectivity index (χ0v) is 18.2. The standard InChI is InChI=1S/C18H34N4O.HI/c1-13(2)11-19-18(20-12-17(23)22(5)6)21-16-9-7-15(8-10-16)14(3)4;/h14-16H,1,7-12H2,2-6H3,(H2,19,20,21);1H. The molecule has 0 aromatic rings. The van der Waals surface area contributed by atoms with Gasteiger partial charge in [0, 0.05) is 26.7 Å². The van der Waals surface area contributed by atoms with Crippen molar-refractivity contribution in [2.24, 2.45) is 16.8 Å². The van der Waals surface area contributed by atoms with Crippen molar-refractivity contribution in [1.29, 1.82) is 0 Å². The van der Waals surface area contributed by atoms with Crippen LogP contribution in [0.3, 0.4) is 0 Å². The van der Waals surface area contributed by atoms with Gasteiger partial charge in [-0.2, -0.15) is 0 Å². The predicted molar refractivity (Wildman–Crippen MR) is 113 cm³/mol. The van der Waals surface area contributed by atoms with Gasteiger partial charge in [-0.1, -0.05) is 26.0 Å². The van der Waals surface area contributed by atoms with Gasteiger partial charge in [0.05, 0.1) is 0 Å². The summed E-state index contributed by atoms with van der Waals surface area (Å²) in [4.78, 5) is 17.7. The van der Waals surface area contributed by atoms with E-state index < -0.39 is 0 Å². The third-order valence-electron chi connectivity index (χ3n) is 4.48. The summed E-state index contributed by atoms with van der Waals surface area (Å²) in [5, 5.41) is 6.76. The number of carbonyl (C=O) groups is 1. The Hall–Kier alpha value is -0.790. The van der Waals surface area contributed by atoms with Crippen LogP contribution in [0.25, 0.3) is 0 Å². The summed E-state index contributed by atoms with van der Waals surface area (Å²) in [6.07, 6.45) is 4.86.